The predicted octanol–water partition coefficient (Wildman–Crippen LogP) is 3.39. The largest absolute Gasteiger partial charge is 0.465 e. The number of rotatable bonds is 2. The fourth-order valence-corrected chi connectivity index (χ4v) is 3.41. The fourth-order valence-electron chi connectivity index (χ4n) is 2.63. The monoisotopic (exact) mass is 354 g/mol. The van der Waals surface area contributed by atoms with Gasteiger partial charge in [-0.05, 0) is 59.8 Å². The van der Waals surface area contributed by atoms with Crippen LogP contribution in [-0.2, 0) is 4.79 Å². The van der Waals surface area contributed by atoms with Gasteiger partial charge in [0.1, 0.15) is 0 Å². The molecular formula is C15H19BrN2O3. The quantitative estimate of drug-likeness (QED) is 0.854. The van der Waals surface area contributed by atoms with Crippen LogP contribution in [-0.4, -0.2) is 35.1 Å². The molecule has 1 saturated heterocycles. The van der Waals surface area contributed by atoms with Crippen molar-refractivity contribution in [3.05, 3.63) is 27.7 Å². The van der Waals surface area contributed by atoms with Gasteiger partial charge < -0.3 is 15.3 Å². The van der Waals surface area contributed by atoms with E-state index in [1.165, 1.54) is 4.90 Å². The predicted molar refractivity (Wildman–Crippen MR) is 84.6 cm³/mol. The van der Waals surface area contributed by atoms with Crippen molar-refractivity contribution < 1.29 is 14.7 Å². The van der Waals surface area contributed by atoms with Crippen LogP contribution < -0.4 is 5.32 Å². The first-order valence-electron chi connectivity index (χ1n) is 6.94. The Bertz CT molecular complexity index is 543. The molecule has 0 spiro atoms. The van der Waals surface area contributed by atoms with E-state index in [0.29, 0.717) is 25.9 Å². The van der Waals surface area contributed by atoms with Crippen LogP contribution in [0.1, 0.15) is 24.0 Å². The second kappa shape index (κ2) is 6.47. The highest BCUT2D eigenvalue weighted by molar-refractivity contribution is 9.10. The number of halogens is 1. The van der Waals surface area contributed by atoms with Gasteiger partial charge in [0.25, 0.3) is 0 Å². The minimum Gasteiger partial charge on any atom is -0.465 e. The number of benzene rings is 1. The van der Waals surface area contributed by atoms with Crippen LogP contribution in [0.15, 0.2) is 16.6 Å². The second-order valence-corrected chi connectivity index (χ2v) is 6.33. The van der Waals surface area contributed by atoms with Gasteiger partial charge in [0.15, 0.2) is 0 Å². The van der Waals surface area contributed by atoms with E-state index < -0.39 is 6.09 Å². The van der Waals surface area contributed by atoms with Crippen LogP contribution in [0, 0.1) is 19.8 Å². The Labute approximate surface area is 132 Å². The topological polar surface area (TPSA) is 69.6 Å². The molecule has 1 aliphatic rings. The van der Waals surface area contributed by atoms with Crippen LogP contribution >= 0.6 is 15.9 Å². The molecular weight excluding hydrogens is 336 g/mol. The Hall–Kier alpha value is -1.56. The highest BCUT2D eigenvalue weighted by Gasteiger charge is 2.27. The van der Waals surface area contributed by atoms with E-state index in [-0.39, 0.29) is 11.8 Å². The molecule has 21 heavy (non-hydrogen) atoms. The third-order valence-electron chi connectivity index (χ3n) is 3.82. The lowest BCUT2D eigenvalue weighted by Crippen LogP contribution is -2.40. The Balaban J connectivity index is 2.01. The van der Waals surface area contributed by atoms with Gasteiger partial charge in [-0.15, -0.1) is 0 Å². The average Bonchev–Trinajstić information content (AvgIpc) is 2.42. The standard InChI is InChI=1S/C15H19BrN2O3/c1-9-7-10(2)13(12(16)8-9)17-14(19)11-3-5-18(6-4-11)15(20)21/h7-8,11H,3-6H2,1-2H3,(H,17,19)(H,20,21). The highest BCUT2D eigenvalue weighted by Crippen LogP contribution is 2.29. The first-order chi connectivity index (χ1) is 9.88. The summed E-state index contributed by atoms with van der Waals surface area (Å²) in [5.74, 6) is -0.166. The molecule has 2 N–H and O–H groups in total. The lowest BCUT2D eigenvalue weighted by molar-refractivity contribution is -0.121. The number of nitrogens with one attached hydrogen (secondary N) is 1. The Morgan fingerprint density at radius 3 is 2.43 bits per heavy atom. The van der Waals surface area contributed by atoms with Crippen LogP contribution in [0.3, 0.4) is 0 Å². The summed E-state index contributed by atoms with van der Waals surface area (Å²) in [6.45, 7) is 4.80. The first-order valence-corrected chi connectivity index (χ1v) is 7.73. The van der Waals surface area contributed by atoms with E-state index in [0.717, 1.165) is 21.3 Å². The van der Waals surface area contributed by atoms with Gasteiger partial charge in [-0.2, -0.15) is 0 Å². The molecule has 0 aliphatic carbocycles. The SMILES string of the molecule is Cc1cc(C)c(NC(=O)C2CCN(C(=O)O)CC2)c(Br)c1. The summed E-state index contributed by atoms with van der Waals surface area (Å²) in [4.78, 5) is 24.6. The third kappa shape index (κ3) is 3.75. The minimum absolute atomic E-state index is 0.0345. The summed E-state index contributed by atoms with van der Waals surface area (Å²) in [6.07, 6.45) is 0.229. The number of carbonyl (C=O) groups is 2. The maximum Gasteiger partial charge on any atom is 0.407 e. The molecule has 5 nitrogen and oxygen atoms in total. The van der Waals surface area contributed by atoms with Crippen LogP contribution in [0.2, 0.25) is 0 Å². The Morgan fingerprint density at radius 1 is 1.29 bits per heavy atom. The molecule has 1 aromatic carbocycles. The molecule has 1 heterocycles. The molecule has 1 fully saturated rings. The molecule has 0 bridgehead atoms. The molecule has 0 aromatic heterocycles. The molecule has 1 aromatic rings. The Kier molecular flexibility index (Phi) is 4.88. The average molecular weight is 355 g/mol. The molecule has 6 heteroatoms. The van der Waals surface area contributed by atoms with Crippen molar-refractivity contribution in [1.29, 1.82) is 0 Å². The Morgan fingerprint density at radius 2 is 1.90 bits per heavy atom. The maximum atomic E-state index is 12.3. The smallest absolute Gasteiger partial charge is 0.407 e. The van der Waals surface area contributed by atoms with Crippen molar-refractivity contribution in [2.75, 3.05) is 18.4 Å². The molecule has 0 atom stereocenters. The minimum atomic E-state index is -0.911. The number of piperidine rings is 1. The molecule has 0 unspecified atom stereocenters. The van der Waals surface area contributed by atoms with Crippen molar-refractivity contribution in [1.82, 2.24) is 4.90 Å². The van der Waals surface area contributed by atoms with Crippen molar-refractivity contribution in [2.45, 2.75) is 26.7 Å². The number of nitrogens with zero attached hydrogens (tertiary/aromatic N) is 1. The molecule has 114 valence electrons. The zero-order valence-electron chi connectivity index (χ0n) is 12.1. The third-order valence-corrected chi connectivity index (χ3v) is 4.44. The number of hydrogen-bond donors (Lipinski definition) is 2. The lowest BCUT2D eigenvalue weighted by atomic mass is 9.96. The van der Waals surface area contributed by atoms with Crippen molar-refractivity contribution in [3.63, 3.8) is 0 Å². The van der Waals surface area contributed by atoms with Gasteiger partial charge >= 0.3 is 6.09 Å². The number of amides is 2. The van der Waals surface area contributed by atoms with Crippen LogP contribution in [0.25, 0.3) is 0 Å². The fraction of sp³-hybridized carbons (Fsp3) is 0.467. The molecule has 0 radical (unpaired) electrons. The molecule has 2 rings (SSSR count). The van der Waals surface area contributed by atoms with Crippen molar-refractivity contribution >= 4 is 33.6 Å². The van der Waals surface area contributed by atoms with Crippen LogP contribution in [0.5, 0.6) is 0 Å². The van der Waals surface area contributed by atoms with E-state index in [9.17, 15) is 9.59 Å². The van der Waals surface area contributed by atoms with Gasteiger partial charge in [0.2, 0.25) is 5.91 Å². The van der Waals surface area contributed by atoms with E-state index in [4.69, 9.17) is 5.11 Å². The maximum absolute atomic E-state index is 12.3. The summed E-state index contributed by atoms with van der Waals surface area (Å²) in [5.41, 5.74) is 2.94. The summed E-state index contributed by atoms with van der Waals surface area (Å²) in [6, 6.07) is 3.99. The van der Waals surface area contributed by atoms with Gasteiger partial charge in [-0.25, -0.2) is 4.79 Å². The molecule has 2 amide bonds. The summed E-state index contributed by atoms with van der Waals surface area (Å²) >= 11 is 3.48. The van der Waals surface area contributed by atoms with Crippen molar-refractivity contribution in [2.24, 2.45) is 5.92 Å². The van der Waals surface area contributed by atoms with Gasteiger partial charge in [-0.1, -0.05) is 6.07 Å². The summed E-state index contributed by atoms with van der Waals surface area (Å²) in [5, 5.41) is 11.9. The number of carboxylic acid groups (broad SMARTS) is 1. The highest BCUT2D eigenvalue weighted by atomic mass is 79.9. The molecule has 1 aliphatic heterocycles. The zero-order chi connectivity index (χ0) is 15.6. The number of carbonyl (C=O) groups excluding carboxylic acids is 1. The van der Waals surface area contributed by atoms with E-state index >= 15 is 0 Å². The van der Waals surface area contributed by atoms with Gasteiger partial charge in [0.05, 0.1) is 5.69 Å². The molecule has 0 saturated carbocycles. The zero-order valence-corrected chi connectivity index (χ0v) is 13.7. The number of likely N-dealkylation sites (tertiary alicyclic amines) is 1. The van der Waals surface area contributed by atoms with E-state index in [1.807, 2.05) is 26.0 Å². The number of hydrogen-bond acceptors (Lipinski definition) is 2. The number of anilines is 1. The van der Waals surface area contributed by atoms with E-state index in [2.05, 4.69) is 21.2 Å². The number of aryl methyl sites for hydroxylation is 2. The van der Waals surface area contributed by atoms with Gasteiger partial charge in [0, 0.05) is 23.5 Å². The first kappa shape index (κ1) is 15.8. The van der Waals surface area contributed by atoms with Gasteiger partial charge in [-0.3, -0.25) is 4.79 Å². The normalized spacial score (nSPS) is 15.9. The lowest BCUT2D eigenvalue weighted by Gasteiger charge is -2.29. The summed E-state index contributed by atoms with van der Waals surface area (Å²) < 4.78 is 0.872. The van der Waals surface area contributed by atoms with Crippen molar-refractivity contribution in [3.8, 4) is 0 Å². The second-order valence-electron chi connectivity index (χ2n) is 5.47. The summed E-state index contributed by atoms with van der Waals surface area (Å²) in [7, 11) is 0. The van der Waals surface area contributed by atoms with E-state index in [1.54, 1.807) is 0 Å². The van der Waals surface area contributed by atoms with Crippen LogP contribution in [0.4, 0.5) is 10.5 Å².